The van der Waals surface area contributed by atoms with Gasteiger partial charge < -0.3 is 9.71 Å². The number of carbonyl (C=O) groups is 1. The lowest BCUT2D eigenvalue weighted by Crippen LogP contribution is -2.10. The number of halogens is 3. The van der Waals surface area contributed by atoms with Gasteiger partial charge in [-0.05, 0) is 50.0 Å². The Bertz CT molecular complexity index is 1270. The third-order valence-corrected chi connectivity index (χ3v) is 5.54. The van der Waals surface area contributed by atoms with Gasteiger partial charge in [0.1, 0.15) is 11.5 Å². The molecule has 0 saturated carbocycles. The summed E-state index contributed by atoms with van der Waals surface area (Å²) in [5.41, 5.74) is 1.57. The van der Waals surface area contributed by atoms with Crippen LogP contribution in [-0.4, -0.2) is 34.2 Å². The van der Waals surface area contributed by atoms with E-state index in [0.29, 0.717) is 16.1 Å². The molecule has 0 fully saturated rings. The maximum Gasteiger partial charge on any atom is 0.201 e. The second-order valence-electron chi connectivity index (χ2n) is 6.95. The summed E-state index contributed by atoms with van der Waals surface area (Å²) in [7, 11) is 3.53. The van der Waals surface area contributed by atoms with Crippen molar-refractivity contribution in [3.05, 3.63) is 82.6 Å². The van der Waals surface area contributed by atoms with E-state index in [-0.39, 0.29) is 11.3 Å². The van der Waals surface area contributed by atoms with Gasteiger partial charge in [-0.15, -0.1) is 0 Å². The highest BCUT2D eigenvalue weighted by atomic mass is 35.5. The number of aromatic amines is 1. The first kappa shape index (κ1) is 21.3. The molecule has 0 saturated heterocycles. The van der Waals surface area contributed by atoms with E-state index in [2.05, 4.69) is 14.7 Å². The highest BCUT2D eigenvalue weighted by molar-refractivity contribution is 7.98. The summed E-state index contributed by atoms with van der Waals surface area (Å²) in [6, 6.07) is 11.2. The number of benzene rings is 2. The number of anilines is 1. The van der Waals surface area contributed by atoms with Gasteiger partial charge in [-0.1, -0.05) is 23.7 Å². The molecule has 2 aromatic carbocycles. The predicted octanol–water partition coefficient (Wildman–Crippen LogP) is 5.93. The molecule has 9 heteroatoms. The molecule has 31 heavy (non-hydrogen) atoms. The normalized spacial score (nSPS) is 11.3. The van der Waals surface area contributed by atoms with Gasteiger partial charge in [0, 0.05) is 46.1 Å². The maximum atomic E-state index is 15.0. The molecule has 0 spiro atoms. The first-order valence-electron chi connectivity index (χ1n) is 9.21. The highest BCUT2D eigenvalue weighted by Gasteiger charge is 2.24. The van der Waals surface area contributed by atoms with Crippen molar-refractivity contribution < 1.29 is 13.6 Å². The zero-order chi connectivity index (χ0) is 22.1. The van der Waals surface area contributed by atoms with Crippen LogP contribution in [0.25, 0.3) is 22.2 Å². The average molecular weight is 459 g/mol. The maximum absolute atomic E-state index is 15.0. The van der Waals surface area contributed by atoms with Gasteiger partial charge >= 0.3 is 0 Å². The molecule has 0 atom stereocenters. The number of hydrogen-bond acceptors (Lipinski definition) is 5. The molecule has 5 nitrogen and oxygen atoms in total. The van der Waals surface area contributed by atoms with Crippen molar-refractivity contribution >= 4 is 46.2 Å². The summed E-state index contributed by atoms with van der Waals surface area (Å²) in [5, 5.41) is 1.07. The standard InChI is InChI=1S/C22H17ClF2N4OS/c1-29(2)31-28-18-8-7-17(24)19(20(18)25)21(30)16-11-27-22-15(16)9-13(10-26-22)12-3-5-14(23)6-4-12/h3-11,28H,1-2H3,(H,26,27). The molecule has 0 bridgehead atoms. The number of carbonyl (C=O) groups excluding carboxylic acids is 1. The molecular weight excluding hydrogens is 442 g/mol. The second-order valence-corrected chi connectivity index (χ2v) is 8.50. The molecule has 2 N–H and O–H groups in total. The molecule has 0 aliphatic heterocycles. The first-order valence-corrected chi connectivity index (χ1v) is 10.4. The number of rotatable bonds is 6. The minimum absolute atomic E-state index is 0.0169. The monoisotopic (exact) mass is 458 g/mol. The third-order valence-electron chi connectivity index (χ3n) is 4.61. The Morgan fingerprint density at radius 1 is 1.13 bits per heavy atom. The van der Waals surface area contributed by atoms with Crippen LogP contribution in [0.15, 0.2) is 54.9 Å². The van der Waals surface area contributed by atoms with E-state index in [1.54, 1.807) is 42.8 Å². The van der Waals surface area contributed by atoms with Crippen molar-refractivity contribution in [3.8, 4) is 11.1 Å². The van der Waals surface area contributed by atoms with Crippen LogP contribution < -0.4 is 4.72 Å². The zero-order valence-corrected chi connectivity index (χ0v) is 18.1. The molecular formula is C22H17ClF2N4OS. The van der Waals surface area contributed by atoms with Gasteiger partial charge in [0.05, 0.1) is 11.3 Å². The molecule has 158 valence electrons. The summed E-state index contributed by atoms with van der Waals surface area (Å²) >= 11 is 7.06. The predicted molar refractivity (Wildman–Crippen MR) is 121 cm³/mol. The topological polar surface area (TPSA) is 61.0 Å². The Balaban J connectivity index is 1.77. The lowest BCUT2D eigenvalue weighted by atomic mass is 10.00. The van der Waals surface area contributed by atoms with Crippen LogP contribution in [0, 0.1) is 11.6 Å². The summed E-state index contributed by atoms with van der Waals surface area (Å²) in [4.78, 5) is 20.4. The fraction of sp³-hybridized carbons (Fsp3) is 0.0909. The van der Waals surface area contributed by atoms with Gasteiger partial charge in [-0.25, -0.2) is 18.1 Å². The molecule has 0 radical (unpaired) electrons. The Labute approximate surface area is 186 Å². The number of H-pyrrole nitrogens is 1. The summed E-state index contributed by atoms with van der Waals surface area (Å²) < 4.78 is 34.0. The number of hydrogen-bond donors (Lipinski definition) is 2. The van der Waals surface area contributed by atoms with Crippen LogP contribution >= 0.6 is 23.7 Å². The van der Waals surface area contributed by atoms with Crippen molar-refractivity contribution in [2.24, 2.45) is 0 Å². The van der Waals surface area contributed by atoms with Crippen molar-refractivity contribution in [2.45, 2.75) is 0 Å². The van der Waals surface area contributed by atoms with Crippen molar-refractivity contribution in [2.75, 3.05) is 18.8 Å². The smallest absolute Gasteiger partial charge is 0.201 e. The second kappa shape index (κ2) is 8.66. The Hall–Kier alpha value is -2.94. The van der Waals surface area contributed by atoms with Gasteiger partial charge in [0.2, 0.25) is 5.78 Å². The molecule has 4 aromatic rings. The fourth-order valence-electron chi connectivity index (χ4n) is 3.11. The summed E-state index contributed by atoms with van der Waals surface area (Å²) in [6.07, 6.45) is 3.07. The SMILES string of the molecule is CN(C)SNc1ccc(F)c(C(=O)c2c[nH]c3ncc(-c4ccc(Cl)cc4)cc23)c1F. The Morgan fingerprint density at radius 3 is 2.58 bits per heavy atom. The molecule has 2 heterocycles. The molecule has 4 rings (SSSR count). The summed E-state index contributed by atoms with van der Waals surface area (Å²) in [5.74, 6) is -2.65. The number of nitrogens with one attached hydrogen (secondary N) is 2. The highest BCUT2D eigenvalue weighted by Crippen LogP contribution is 2.30. The number of ketones is 1. The van der Waals surface area contributed by atoms with E-state index < -0.39 is 23.0 Å². The fourth-order valence-corrected chi connectivity index (χ4v) is 3.67. The van der Waals surface area contributed by atoms with Crippen LogP contribution in [0.3, 0.4) is 0 Å². The van der Waals surface area contributed by atoms with E-state index >= 15 is 4.39 Å². The molecule has 0 aliphatic rings. The van der Waals surface area contributed by atoms with Crippen LogP contribution in [0.5, 0.6) is 0 Å². The first-order chi connectivity index (χ1) is 14.8. The average Bonchev–Trinajstić information content (AvgIpc) is 3.17. The summed E-state index contributed by atoms with van der Waals surface area (Å²) in [6.45, 7) is 0. The lowest BCUT2D eigenvalue weighted by Gasteiger charge is -2.13. The van der Waals surface area contributed by atoms with Crippen LogP contribution in [0.4, 0.5) is 14.5 Å². The Morgan fingerprint density at radius 2 is 1.87 bits per heavy atom. The van der Waals surface area contributed by atoms with E-state index in [9.17, 15) is 9.18 Å². The minimum atomic E-state index is -0.949. The quantitative estimate of drug-likeness (QED) is 0.277. The molecule has 0 unspecified atom stereocenters. The number of aromatic nitrogens is 2. The van der Waals surface area contributed by atoms with E-state index in [1.807, 2.05) is 12.1 Å². The van der Waals surface area contributed by atoms with Gasteiger partial charge in [0.25, 0.3) is 0 Å². The number of fused-ring (bicyclic) bond motifs is 1. The molecule has 0 amide bonds. The van der Waals surface area contributed by atoms with E-state index in [4.69, 9.17) is 11.6 Å². The zero-order valence-electron chi connectivity index (χ0n) is 16.5. The van der Waals surface area contributed by atoms with Gasteiger partial charge in [-0.3, -0.25) is 4.79 Å². The van der Waals surface area contributed by atoms with Crippen molar-refractivity contribution in [1.82, 2.24) is 14.3 Å². The van der Waals surface area contributed by atoms with Crippen LogP contribution in [0.2, 0.25) is 5.02 Å². The van der Waals surface area contributed by atoms with Crippen LogP contribution in [0.1, 0.15) is 15.9 Å². The van der Waals surface area contributed by atoms with Crippen LogP contribution in [-0.2, 0) is 0 Å². The Kier molecular flexibility index (Phi) is 5.95. The van der Waals surface area contributed by atoms with Gasteiger partial charge in [-0.2, -0.15) is 0 Å². The van der Waals surface area contributed by atoms with Crippen molar-refractivity contribution in [1.29, 1.82) is 0 Å². The van der Waals surface area contributed by atoms with E-state index in [1.165, 1.54) is 12.3 Å². The van der Waals surface area contributed by atoms with E-state index in [0.717, 1.165) is 29.3 Å². The number of pyridine rings is 1. The number of nitrogens with zero attached hydrogens (tertiary/aromatic N) is 2. The lowest BCUT2D eigenvalue weighted by molar-refractivity contribution is 0.103. The third kappa shape index (κ3) is 4.27. The largest absolute Gasteiger partial charge is 0.345 e. The molecule has 2 aromatic heterocycles. The van der Waals surface area contributed by atoms with Gasteiger partial charge in [0.15, 0.2) is 5.82 Å². The van der Waals surface area contributed by atoms with Crippen molar-refractivity contribution in [3.63, 3.8) is 0 Å². The minimum Gasteiger partial charge on any atom is -0.345 e. The molecule has 0 aliphatic carbocycles.